The van der Waals surface area contributed by atoms with Crippen molar-refractivity contribution in [3.8, 4) is 0 Å². The van der Waals surface area contributed by atoms with Gasteiger partial charge in [0.2, 0.25) is 0 Å². The Labute approximate surface area is 118 Å². The first-order valence-corrected chi connectivity index (χ1v) is 7.52. The number of rotatable bonds is 2. The molecule has 4 atom stereocenters. The molecule has 1 saturated heterocycles. The molecule has 0 aromatic carbocycles. The second kappa shape index (κ2) is 5.30. The smallest absolute Gasteiger partial charge is 0.0115 e. The minimum absolute atomic E-state index is 0. The summed E-state index contributed by atoms with van der Waals surface area (Å²) in [6.07, 6.45) is 7.30. The van der Waals surface area contributed by atoms with Gasteiger partial charge in [0.1, 0.15) is 0 Å². The standard InChI is InChI=1S/C15H28N2.ClH/c1-15(2)10-17(6-5-14(15)16)9-13-8-11-3-4-12(13)7-11;/h11-14H,3-10,16H2,1-2H3;1H. The van der Waals surface area contributed by atoms with Crippen LogP contribution in [0.15, 0.2) is 0 Å². The van der Waals surface area contributed by atoms with E-state index in [1.165, 1.54) is 45.3 Å². The molecule has 0 aromatic heterocycles. The summed E-state index contributed by atoms with van der Waals surface area (Å²) in [4.78, 5) is 2.70. The van der Waals surface area contributed by atoms with E-state index >= 15 is 0 Å². The molecule has 1 aliphatic heterocycles. The maximum Gasteiger partial charge on any atom is 0.0115 e. The Morgan fingerprint density at radius 3 is 2.50 bits per heavy atom. The Kier molecular flexibility index (Phi) is 4.30. The van der Waals surface area contributed by atoms with Crippen molar-refractivity contribution in [3.63, 3.8) is 0 Å². The predicted octanol–water partition coefficient (Wildman–Crippen LogP) is 2.90. The molecule has 3 aliphatic rings. The molecular weight excluding hydrogens is 244 g/mol. The zero-order chi connectivity index (χ0) is 12.0. The maximum absolute atomic E-state index is 6.22. The summed E-state index contributed by atoms with van der Waals surface area (Å²) < 4.78 is 0. The van der Waals surface area contributed by atoms with Gasteiger partial charge < -0.3 is 10.6 Å². The minimum atomic E-state index is 0. The second-order valence-electron chi connectivity index (χ2n) is 7.55. The van der Waals surface area contributed by atoms with Crippen LogP contribution in [0.4, 0.5) is 0 Å². The van der Waals surface area contributed by atoms with Crippen LogP contribution in [0.1, 0.15) is 46.0 Å². The van der Waals surface area contributed by atoms with E-state index in [1.54, 1.807) is 6.42 Å². The largest absolute Gasteiger partial charge is 0.327 e. The summed E-state index contributed by atoms with van der Waals surface area (Å²) in [5, 5.41) is 0. The minimum Gasteiger partial charge on any atom is -0.327 e. The van der Waals surface area contributed by atoms with Gasteiger partial charge in [-0.15, -0.1) is 12.4 Å². The lowest BCUT2D eigenvalue weighted by Gasteiger charge is -2.44. The van der Waals surface area contributed by atoms with Gasteiger partial charge in [0.05, 0.1) is 0 Å². The highest BCUT2D eigenvalue weighted by atomic mass is 35.5. The van der Waals surface area contributed by atoms with Crippen molar-refractivity contribution < 1.29 is 0 Å². The molecule has 0 aromatic rings. The molecule has 2 saturated carbocycles. The third-order valence-corrected chi connectivity index (χ3v) is 5.77. The molecule has 0 radical (unpaired) electrons. The molecule has 0 spiro atoms. The zero-order valence-electron chi connectivity index (χ0n) is 11.9. The normalized spacial score (nSPS) is 42.8. The van der Waals surface area contributed by atoms with Gasteiger partial charge in [-0.25, -0.2) is 0 Å². The Balaban J connectivity index is 0.00000120. The summed E-state index contributed by atoms with van der Waals surface area (Å²) in [6, 6.07) is 0.402. The van der Waals surface area contributed by atoms with Crippen molar-refractivity contribution >= 4 is 12.4 Å². The van der Waals surface area contributed by atoms with E-state index in [0.29, 0.717) is 11.5 Å². The fraction of sp³-hybridized carbons (Fsp3) is 1.00. The third-order valence-electron chi connectivity index (χ3n) is 5.77. The number of hydrogen-bond donors (Lipinski definition) is 1. The summed E-state index contributed by atoms with van der Waals surface area (Å²) in [5.74, 6) is 3.17. The summed E-state index contributed by atoms with van der Waals surface area (Å²) in [5.41, 5.74) is 6.53. The maximum atomic E-state index is 6.22. The molecule has 18 heavy (non-hydrogen) atoms. The van der Waals surface area contributed by atoms with Crippen molar-refractivity contribution in [2.45, 2.75) is 52.0 Å². The van der Waals surface area contributed by atoms with E-state index in [9.17, 15) is 0 Å². The predicted molar refractivity (Wildman–Crippen MR) is 79.0 cm³/mol. The first-order valence-electron chi connectivity index (χ1n) is 7.52. The van der Waals surface area contributed by atoms with Crippen molar-refractivity contribution in [2.24, 2.45) is 28.9 Å². The molecule has 2 nitrogen and oxygen atoms in total. The Hall–Kier alpha value is 0.210. The zero-order valence-corrected chi connectivity index (χ0v) is 12.7. The van der Waals surface area contributed by atoms with Crippen LogP contribution in [0.25, 0.3) is 0 Å². The Bertz CT molecular complexity index is 292. The molecule has 106 valence electrons. The fourth-order valence-corrected chi connectivity index (χ4v) is 4.57. The average molecular weight is 273 g/mol. The second-order valence-corrected chi connectivity index (χ2v) is 7.55. The number of hydrogen-bond acceptors (Lipinski definition) is 2. The topological polar surface area (TPSA) is 29.3 Å². The van der Waals surface area contributed by atoms with Crippen LogP contribution >= 0.6 is 12.4 Å². The molecule has 2 aliphatic carbocycles. The van der Waals surface area contributed by atoms with E-state index < -0.39 is 0 Å². The number of fused-ring (bicyclic) bond motifs is 2. The van der Waals surface area contributed by atoms with Crippen molar-refractivity contribution in [2.75, 3.05) is 19.6 Å². The monoisotopic (exact) mass is 272 g/mol. The van der Waals surface area contributed by atoms with Crippen LogP contribution in [-0.2, 0) is 0 Å². The van der Waals surface area contributed by atoms with Crippen LogP contribution in [0.3, 0.4) is 0 Å². The first kappa shape index (κ1) is 14.6. The fourth-order valence-electron chi connectivity index (χ4n) is 4.57. The first-order chi connectivity index (χ1) is 8.04. The van der Waals surface area contributed by atoms with Gasteiger partial charge in [0, 0.05) is 19.1 Å². The molecule has 1 heterocycles. The number of likely N-dealkylation sites (tertiary alicyclic amines) is 1. The average Bonchev–Trinajstić information content (AvgIpc) is 2.85. The SMILES string of the molecule is CC1(C)CN(CC2CC3CCC2C3)CCC1N.Cl. The molecule has 3 fully saturated rings. The highest BCUT2D eigenvalue weighted by Crippen LogP contribution is 2.48. The van der Waals surface area contributed by atoms with E-state index in [2.05, 4.69) is 18.7 Å². The highest BCUT2D eigenvalue weighted by Gasteiger charge is 2.41. The lowest BCUT2D eigenvalue weighted by atomic mass is 9.79. The lowest BCUT2D eigenvalue weighted by Crippen LogP contribution is -2.53. The number of halogens is 1. The van der Waals surface area contributed by atoms with Crippen LogP contribution in [0, 0.1) is 23.2 Å². The quantitative estimate of drug-likeness (QED) is 0.838. The van der Waals surface area contributed by atoms with E-state index in [0.717, 1.165) is 17.8 Å². The lowest BCUT2D eigenvalue weighted by molar-refractivity contribution is 0.0729. The summed E-state index contributed by atoms with van der Waals surface area (Å²) >= 11 is 0. The van der Waals surface area contributed by atoms with Gasteiger partial charge >= 0.3 is 0 Å². The summed E-state index contributed by atoms with van der Waals surface area (Å²) in [7, 11) is 0. The van der Waals surface area contributed by atoms with Gasteiger partial charge in [-0.1, -0.05) is 20.3 Å². The molecule has 2 bridgehead atoms. The molecule has 2 N–H and O–H groups in total. The van der Waals surface area contributed by atoms with E-state index in [4.69, 9.17) is 5.73 Å². The van der Waals surface area contributed by atoms with Gasteiger partial charge in [-0.05, 0) is 55.4 Å². The molecule has 0 amide bonds. The third kappa shape index (κ3) is 2.71. The van der Waals surface area contributed by atoms with Crippen LogP contribution in [0.5, 0.6) is 0 Å². The van der Waals surface area contributed by atoms with Crippen LogP contribution in [0.2, 0.25) is 0 Å². The van der Waals surface area contributed by atoms with E-state index in [1.807, 2.05) is 0 Å². The van der Waals surface area contributed by atoms with Crippen molar-refractivity contribution in [1.82, 2.24) is 4.90 Å². The van der Waals surface area contributed by atoms with Crippen LogP contribution in [-0.4, -0.2) is 30.6 Å². The van der Waals surface area contributed by atoms with Crippen molar-refractivity contribution in [3.05, 3.63) is 0 Å². The number of nitrogens with zero attached hydrogens (tertiary/aromatic N) is 1. The van der Waals surface area contributed by atoms with E-state index in [-0.39, 0.29) is 12.4 Å². The Morgan fingerprint density at radius 2 is 1.94 bits per heavy atom. The van der Waals surface area contributed by atoms with Crippen LogP contribution < -0.4 is 5.73 Å². The van der Waals surface area contributed by atoms with Gasteiger partial charge in [-0.2, -0.15) is 0 Å². The number of piperidine rings is 1. The molecule has 3 heteroatoms. The molecule has 3 rings (SSSR count). The van der Waals surface area contributed by atoms with Gasteiger partial charge in [-0.3, -0.25) is 0 Å². The van der Waals surface area contributed by atoms with Crippen molar-refractivity contribution in [1.29, 1.82) is 0 Å². The molecular formula is C15H29ClN2. The molecule has 4 unspecified atom stereocenters. The highest BCUT2D eigenvalue weighted by molar-refractivity contribution is 5.85. The van der Waals surface area contributed by atoms with Gasteiger partial charge in [0.15, 0.2) is 0 Å². The number of nitrogens with two attached hydrogens (primary N) is 1. The van der Waals surface area contributed by atoms with Gasteiger partial charge in [0.25, 0.3) is 0 Å². The Morgan fingerprint density at radius 1 is 1.17 bits per heavy atom. The summed E-state index contributed by atoms with van der Waals surface area (Å²) in [6.45, 7) is 8.48.